The summed E-state index contributed by atoms with van der Waals surface area (Å²) in [4.78, 5) is 16.2. The fraction of sp³-hybridized carbons (Fsp3) is 0.250. The third kappa shape index (κ3) is 4.45. The van der Waals surface area contributed by atoms with E-state index in [0.29, 0.717) is 16.4 Å². The first kappa shape index (κ1) is 18.9. The Morgan fingerprint density at radius 2 is 2.15 bits per heavy atom. The van der Waals surface area contributed by atoms with Gasteiger partial charge < -0.3 is 9.84 Å². The summed E-state index contributed by atoms with van der Waals surface area (Å²) in [6, 6.07) is 6.86. The fourth-order valence-corrected chi connectivity index (χ4v) is 2.53. The minimum absolute atomic E-state index is 0.0161. The van der Waals surface area contributed by atoms with Crippen molar-refractivity contribution in [2.45, 2.75) is 12.6 Å². The number of hydrogen-bond donors (Lipinski definition) is 1. The molecule has 0 spiro atoms. The molecule has 0 atom stereocenters. The highest BCUT2D eigenvalue weighted by Gasteiger charge is 2.38. The van der Waals surface area contributed by atoms with Crippen molar-refractivity contribution in [2.24, 2.45) is 7.05 Å². The molecule has 0 saturated carbocycles. The van der Waals surface area contributed by atoms with E-state index in [2.05, 4.69) is 20.6 Å². The number of nitrogens with zero attached hydrogens (tertiary/aromatic N) is 4. The molecule has 0 saturated heterocycles. The minimum Gasteiger partial charge on any atom is -0.351 e. The Balaban J connectivity index is 1.62. The van der Waals surface area contributed by atoms with Crippen LogP contribution in [0.2, 0.25) is 5.02 Å². The molecular weight excluding hydrogens is 387 g/mol. The van der Waals surface area contributed by atoms with Crippen molar-refractivity contribution < 1.29 is 22.5 Å². The molecule has 11 heteroatoms. The zero-order valence-corrected chi connectivity index (χ0v) is 14.7. The standard InChI is InChI=1S/C16H13ClF3N5O2/c1-25-8-11(13(23-25)16(18,19)20)15(26)21-6-5-12-22-14(24-27-12)9-3-2-4-10(17)7-9/h2-4,7-8H,5-6H2,1H3,(H,21,26). The van der Waals surface area contributed by atoms with E-state index in [-0.39, 0.29) is 18.9 Å². The van der Waals surface area contributed by atoms with Gasteiger partial charge in [-0.25, -0.2) is 0 Å². The Hall–Kier alpha value is -2.88. The van der Waals surface area contributed by atoms with Crippen LogP contribution in [0.3, 0.4) is 0 Å². The topological polar surface area (TPSA) is 85.8 Å². The number of carbonyl (C=O) groups excluding carboxylic acids is 1. The summed E-state index contributed by atoms with van der Waals surface area (Å²) in [5, 5.41) is 10.0. The Kier molecular flexibility index (Phi) is 5.17. The summed E-state index contributed by atoms with van der Waals surface area (Å²) in [6.07, 6.45) is -3.55. The second-order valence-electron chi connectivity index (χ2n) is 5.59. The molecule has 142 valence electrons. The van der Waals surface area contributed by atoms with Crippen LogP contribution in [0.5, 0.6) is 0 Å². The minimum atomic E-state index is -4.72. The molecule has 3 rings (SSSR count). The van der Waals surface area contributed by atoms with E-state index in [1.54, 1.807) is 24.3 Å². The first-order valence-corrected chi connectivity index (χ1v) is 8.09. The van der Waals surface area contributed by atoms with Crippen molar-refractivity contribution in [2.75, 3.05) is 6.54 Å². The van der Waals surface area contributed by atoms with Crippen LogP contribution in [0.15, 0.2) is 35.0 Å². The van der Waals surface area contributed by atoms with Crippen LogP contribution < -0.4 is 5.32 Å². The van der Waals surface area contributed by atoms with Crippen LogP contribution in [-0.4, -0.2) is 32.4 Å². The van der Waals surface area contributed by atoms with E-state index in [9.17, 15) is 18.0 Å². The van der Waals surface area contributed by atoms with Gasteiger partial charge in [-0.05, 0) is 12.1 Å². The Bertz CT molecular complexity index is 967. The zero-order chi connectivity index (χ0) is 19.6. The lowest BCUT2D eigenvalue weighted by Gasteiger charge is -2.06. The highest BCUT2D eigenvalue weighted by Crippen LogP contribution is 2.30. The molecule has 2 aromatic heterocycles. The summed E-state index contributed by atoms with van der Waals surface area (Å²) in [6.45, 7) is 0.0161. The zero-order valence-electron chi connectivity index (χ0n) is 13.9. The first-order valence-electron chi connectivity index (χ1n) is 7.71. The van der Waals surface area contributed by atoms with Crippen molar-refractivity contribution in [1.82, 2.24) is 25.2 Å². The quantitative estimate of drug-likeness (QED) is 0.712. The first-order chi connectivity index (χ1) is 12.7. The summed E-state index contributed by atoms with van der Waals surface area (Å²) in [5.41, 5.74) is -1.12. The van der Waals surface area contributed by atoms with E-state index in [1.807, 2.05) is 0 Å². The number of carbonyl (C=O) groups is 1. The highest BCUT2D eigenvalue weighted by atomic mass is 35.5. The van der Waals surface area contributed by atoms with E-state index >= 15 is 0 Å². The second-order valence-corrected chi connectivity index (χ2v) is 6.03. The average Bonchev–Trinajstić information content (AvgIpc) is 3.21. The highest BCUT2D eigenvalue weighted by molar-refractivity contribution is 6.30. The largest absolute Gasteiger partial charge is 0.435 e. The molecule has 0 fully saturated rings. The molecule has 0 unspecified atom stereocenters. The monoisotopic (exact) mass is 399 g/mol. The third-order valence-corrected chi connectivity index (χ3v) is 3.75. The average molecular weight is 400 g/mol. The molecule has 27 heavy (non-hydrogen) atoms. The van der Waals surface area contributed by atoms with Gasteiger partial charge in [0.15, 0.2) is 5.69 Å². The van der Waals surface area contributed by atoms with Gasteiger partial charge in [-0.15, -0.1) is 0 Å². The van der Waals surface area contributed by atoms with Crippen LogP contribution in [0.4, 0.5) is 13.2 Å². The summed E-state index contributed by atoms with van der Waals surface area (Å²) in [5.74, 6) is -0.331. The Labute approximate surface area is 156 Å². The molecule has 0 radical (unpaired) electrons. The Morgan fingerprint density at radius 3 is 2.85 bits per heavy atom. The number of hydrogen-bond acceptors (Lipinski definition) is 5. The van der Waals surface area contributed by atoms with Crippen molar-refractivity contribution in [3.05, 3.63) is 52.6 Å². The van der Waals surface area contributed by atoms with Crippen LogP contribution in [0, 0.1) is 0 Å². The normalized spacial score (nSPS) is 11.6. The molecular formula is C16H13ClF3N5O2. The van der Waals surface area contributed by atoms with Crippen LogP contribution >= 0.6 is 11.6 Å². The number of aromatic nitrogens is 4. The van der Waals surface area contributed by atoms with Gasteiger partial charge in [-0.3, -0.25) is 9.48 Å². The number of rotatable bonds is 5. The lowest BCUT2D eigenvalue weighted by Crippen LogP contribution is -2.27. The molecule has 3 aromatic rings. The third-order valence-electron chi connectivity index (χ3n) is 3.52. The van der Waals surface area contributed by atoms with Gasteiger partial charge in [0.2, 0.25) is 11.7 Å². The van der Waals surface area contributed by atoms with Gasteiger partial charge in [0.25, 0.3) is 5.91 Å². The van der Waals surface area contributed by atoms with Crippen molar-refractivity contribution in [3.63, 3.8) is 0 Å². The van der Waals surface area contributed by atoms with Crippen molar-refractivity contribution >= 4 is 17.5 Å². The lowest BCUT2D eigenvalue weighted by atomic mass is 10.2. The van der Waals surface area contributed by atoms with Crippen LogP contribution in [0.1, 0.15) is 21.9 Å². The summed E-state index contributed by atoms with van der Waals surface area (Å²) in [7, 11) is 1.31. The predicted molar refractivity (Wildman–Crippen MR) is 89.0 cm³/mol. The summed E-state index contributed by atoms with van der Waals surface area (Å²) < 4.78 is 44.7. The van der Waals surface area contributed by atoms with E-state index in [0.717, 1.165) is 10.9 Å². The number of amides is 1. The molecule has 2 heterocycles. The predicted octanol–water partition coefficient (Wildman–Crippen LogP) is 3.11. The maximum atomic E-state index is 12.9. The van der Waals surface area contributed by atoms with E-state index < -0.39 is 23.3 Å². The van der Waals surface area contributed by atoms with Crippen molar-refractivity contribution in [3.8, 4) is 11.4 Å². The van der Waals surface area contributed by atoms with Crippen LogP contribution in [-0.2, 0) is 19.6 Å². The van der Waals surface area contributed by atoms with Crippen molar-refractivity contribution in [1.29, 1.82) is 0 Å². The molecule has 1 aromatic carbocycles. The van der Waals surface area contributed by atoms with E-state index in [1.165, 1.54) is 7.05 Å². The SMILES string of the molecule is Cn1cc(C(=O)NCCc2nc(-c3cccc(Cl)c3)no2)c(C(F)(F)F)n1. The van der Waals surface area contributed by atoms with Gasteiger partial charge in [0.1, 0.15) is 0 Å². The number of alkyl halides is 3. The van der Waals surface area contributed by atoms with Gasteiger partial charge in [-0.1, -0.05) is 28.9 Å². The maximum absolute atomic E-state index is 12.9. The molecule has 0 aliphatic rings. The van der Waals surface area contributed by atoms with Crippen LogP contribution in [0.25, 0.3) is 11.4 Å². The van der Waals surface area contributed by atoms with E-state index in [4.69, 9.17) is 16.1 Å². The number of aryl methyl sites for hydroxylation is 1. The molecule has 1 amide bonds. The van der Waals surface area contributed by atoms with Gasteiger partial charge in [-0.2, -0.15) is 23.3 Å². The molecule has 1 N–H and O–H groups in total. The summed E-state index contributed by atoms with van der Waals surface area (Å²) >= 11 is 5.90. The van der Waals surface area contributed by atoms with Gasteiger partial charge in [0, 0.05) is 36.8 Å². The molecule has 7 nitrogen and oxygen atoms in total. The smallest absolute Gasteiger partial charge is 0.351 e. The van der Waals surface area contributed by atoms with Gasteiger partial charge >= 0.3 is 6.18 Å². The molecule has 0 aliphatic carbocycles. The number of halogens is 4. The molecule has 0 bridgehead atoms. The lowest BCUT2D eigenvalue weighted by molar-refractivity contribution is -0.141. The molecule has 0 aliphatic heterocycles. The second kappa shape index (κ2) is 7.39. The van der Waals surface area contributed by atoms with Gasteiger partial charge in [0.05, 0.1) is 5.56 Å². The Morgan fingerprint density at radius 1 is 1.37 bits per heavy atom. The number of benzene rings is 1. The fourth-order valence-electron chi connectivity index (χ4n) is 2.34. The maximum Gasteiger partial charge on any atom is 0.435 e. The number of nitrogens with one attached hydrogen (secondary N) is 1.